The predicted molar refractivity (Wildman–Crippen MR) is 73.5 cm³/mol. The molecule has 2 nitrogen and oxygen atoms in total. The summed E-state index contributed by atoms with van der Waals surface area (Å²) in [6.07, 6.45) is -1.03. The van der Waals surface area contributed by atoms with E-state index in [1.807, 2.05) is 6.07 Å². The van der Waals surface area contributed by atoms with Crippen molar-refractivity contribution in [3.63, 3.8) is 0 Å². The number of cyclic esters (lactones) is 1. The van der Waals surface area contributed by atoms with Crippen LogP contribution in [-0.4, -0.2) is 5.97 Å². The van der Waals surface area contributed by atoms with Gasteiger partial charge < -0.3 is 4.74 Å². The molecule has 3 rings (SSSR count). The second kappa shape index (κ2) is 5.13. The van der Waals surface area contributed by atoms with Crippen LogP contribution in [0.2, 0.25) is 0 Å². The molecule has 2 aromatic rings. The molecule has 0 amide bonds. The third kappa shape index (κ3) is 2.23. The van der Waals surface area contributed by atoms with E-state index in [-0.39, 0.29) is 11.1 Å². The lowest BCUT2D eigenvalue weighted by Crippen LogP contribution is -2.11. The first-order valence-electron chi connectivity index (χ1n) is 6.48. The minimum atomic E-state index is -1.03. The Labute approximate surface area is 120 Å². The Morgan fingerprint density at radius 2 is 1.57 bits per heavy atom. The fourth-order valence-corrected chi connectivity index (χ4v) is 2.61. The third-order valence-electron chi connectivity index (χ3n) is 3.62. The standard InChI is InChI=1S/C17H12F2O2/c1-10-14(11-6-3-2-4-7-11)16(21-17(10)20)15-12(18)8-5-9-13(15)19/h2-9,14,16H,1H2/t14-,16-/m0/s1. The number of carbonyl (C=O) groups excluding carboxylic acids is 1. The molecular weight excluding hydrogens is 274 g/mol. The van der Waals surface area contributed by atoms with Gasteiger partial charge in [0.25, 0.3) is 0 Å². The summed E-state index contributed by atoms with van der Waals surface area (Å²) in [5, 5.41) is 0. The minimum absolute atomic E-state index is 0.203. The van der Waals surface area contributed by atoms with Crippen molar-refractivity contribution in [2.45, 2.75) is 12.0 Å². The fraction of sp³-hybridized carbons (Fsp3) is 0.118. The monoisotopic (exact) mass is 286 g/mol. The zero-order valence-corrected chi connectivity index (χ0v) is 11.1. The Bertz CT molecular complexity index is 690. The van der Waals surface area contributed by atoms with Crippen molar-refractivity contribution in [2.75, 3.05) is 0 Å². The lowest BCUT2D eigenvalue weighted by Gasteiger charge is -2.19. The first-order chi connectivity index (χ1) is 10.1. The van der Waals surface area contributed by atoms with Crippen molar-refractivity contribution >= 4 is 5.97 Å². The van der Waals surface area contributed by atoms with Crippen LogP contribution in [0.3, 0.4) is 0 Å². The van der Waals surface area contributed by atoms with Crippen molar-refractivity contribution in [1.82, 2.24) is 0 Å². The summed E-state index contributed by atoms with van der Waals surface area (Å²) in [7, 11) is 0. The van der Waals surface area contributed by atoms with Crippen LogP contribution in [0, 0.1) is 11.6 Å². The van der Waals surface area contributed by atoms with Crippen LogP contribution in [-0.2, 0) is 9.53 Å². The SMILES string of the molecule is C=C1C(=O)O[C@H](c2c(F)cccc2F)[C@@H]1c1ccccc1. The van der Waals surface area contributed by atoms with E-state index in [0.717, 1.165) is 17.7 Å². The lowest BCUT2D eigenvalue weighted by molar-refractivity contribution is -0.139. The predicted octanol–water partition coefficient (Wildman–Crippen LogP) is 3.90. The van der Waals surface area contributed by atoms with Gasteiger partial charge in [0, 0.05) is 5.57 Å². The molecule has 0 radical (unpaired) electrons. The number of ether oxygens (including phenoxy) is 1. The van der Waals surface area contributed by atoms with E-state index < -0.39 is 29.6 Å². The minimum Gasteiger partial charge on any atom is -0.453 e. The van der Waals surface area contributed by atoms with E-state index in [0.29, 0.717) is 0 Å². The van der Waals surface area contributed by atoms with Crippen LogP contribution in [0.15, 0.2) is 60.7 Å². The number of rotatable bonds is 2. The largest absolute Gasteiger partial charge is 0.453 e. The van der Waals surface area contributed by atoms with E-state index >= 15 is 0 Å². The molecule has 0 bridgehead atoms. The quantitative estimate of drug-likeness (QED) is 0.618. The van der Waals surface area contributed by atoms with Gasteiger partial charge in [0.2, 0.25) is 0 Å². The maximum absolute atomic E-state index is 14.0. The van der Waals surface area contributed by atoms with Crippen molar-refractivity contribution in [1.29, 1.82) is 0 Å². The first kappa shape index (κ1) is 13.5. The zero-order chi connectivity index (χ0) is 15.0. The molecule has 4 heteroatoms. The number of hydrogen-bond acceptors (Lipinski definition) is 2. The highest BCUT2D eigenvalue weighted by molar-refractivity contribution is 5.92. The van der Waals surface area contributed by atoms with Gasteiger partial charge in [-0.2, -0.15) is 0 Å². The number of carbonyl (C=O) groups is 1. The topological polar surface area (TPSA) is 26.3 Å². The van der Waals surface area contributed by atoms with E-state index in [1.165, 1.54) is 6.07 Å². The van der Waals surface area contributed by atoms with E-state index in [4.69, 9.17) is 4.74 Å². The fourth-order valence-electron chi connectivity index (χ4n) is 2.61. The maximum Gasteiger partial charge on any atom is 0.334 e. The molecular formula is C17H12F2O2. The molecule has 2 atom stereocenters. The van der Waals surface area contributed by atoms with Crippen LogP contribution in [0.1, 0.15) is 23.1 Å². The summed E-state index contributed by atoms with van der Waals surface area (Å²) in [4.78, 5) is 11.8. The van der Waals surface area contributed by atoms with Crippen molar-refractivity contribution < 1.29 is 18.3 Å². The van der Waals surface area contributed by atoms with Gasteiger partial charge in [-0.25, -0.2) is 13.6 Å². The molecule has 1 aliphatic rings. The number of hydrogen-bond donors (Lipinski definition) is 0. The van der Waals surface area contributed by atoms with Gasteiger partial charge in [0.15, 0.2) is 0 Å². The molecule has 21 heavy (non-hydrogen) atoms. The molecule has 0 spiro atoms. The Morgan fingerprint density at radius 3 is 2.19 bits per heavy atom. The second-order valence-corrected chi connectivity index (χ2v) is 4.87. The molecule has 106 valence electrons. The van der Waals surface area contributed by atoms with Gasteiger partial charge in [-0.05, 0) is 17.7 Å². The van der Waals surface area contributed by atoms with Crippen LogP contribution < -0.4 is 0 Å². The summed E-state index contributed by atoms with van der Waals surface area (Å²) in [5.74, 6) is -2.69. The smallest absolute Gasteiger partial charge is 0.334 e. The number of benzene rings is 2. The number of esters is 1. The van der Waals surface area contributed by atoms with Gasteiger partial charge in [-0.1, -0.05) is 43.0 Å². The molecule has 2 aromatic carbocycles. The first-order valence-corrected chi connectivity index (χ1v) is 6.48. The third-order valence-corrected chi connectivity index (χ3v) is 3.62. The Kier molecular flexibility index (Phi) is 3.29. The molecule has 1 heterocycles. The van der Waals surface area contributed by atoms with Gasteiger partial charge >= 0.3 is 5.97 Å². The molecule has 1 saturated heterocycles. The summed E-state index contributed by atoms with van der Waals surface area (Å²) in [6.45, 7) is 3.71. The summed E-state index contributed by atoms with van der Waals surface area (Å²) in [6, 6.07) is 12.5. The highest BCUT2D eigenvalue weighted by Gasteiger charge is 2.42. The van der Waals surface area contributed by atoms with E-state index in [1.54, 1.807) is 24.3 Å². The Hall–Kier alpha value is -2.49. The maximum atomic E-state index is 14.0. The van der Waals surface area contributed by atoms with Gasteiger partial charge in [0.05, 0.1) is 11.5 Å². The number of halogens is 2. The average molecular weight is 286 g/mol. The van der Waals surface area contributed by atoms with Crippen LogP contribution in [0.4, 0.5) is 8.78 Å². The molecule has 0 aromatic heterocycles. The van der Waals surface area contributed by atoms with E-state index in [2.05, 4.69) is 6.58 Å². The summed E-state index contributed by atoms with van der Waals surface area (Å²) >= 11 is 0. The molecule has 0 saturated carbocycles. The summed E-state index contributed by atoms with van der Waals surface area (Å²) < 4.78 is 33.1. The molecule has 0 aliphatic carbocycles. The average Bonchev–Trinajstić information content (AvgIpc) is 2.75. The molecule has 0 N–H and O–H groups in total. The van der Waals surface area contributed by atoms with Gasteiger partial charge in [-0.15, -0.1) is 0 Å². The Balaban J connectivity index is 2.13. The normalized spacial score (nSPS) is 21.4. The van der Waals surface area contributed by atoms with Gasteiger partial charge in [0.1, 0.15) is 17.7 Å². The van der Waals surface area contributed by atoms with E-state index in [9.17, 15) is 13.6 Å². The summed E-state index contributed by atoms with van der Waals surface area (Å²) in [5.41, 5.74) is 0.702. The molecule has 0 unspecified atom stereocenters. The highest BCUT2D eigenvalue weighted by atomic mass is 19.1. The van der Waals surface area contributed by atoms with Crippen LogP contribution >= 0.6 is 0 Å². The van der Waals surface area contributed by atoms with Gasteiger partial charge in [-0.3, -0.25) is 0 Å². The van der Waals surface area contributed by atoms with Crippen molar-refractivity contribution in [3.8, 4) is 0 Å². The van der Waals surface area contributed by atoms with Crippen molar-refractivity contribution in [3.05, 3.63) is 83.4 Å². The van der Waals surface area contributed by atoms with Crippen LogP contribution in [0.25, 0.3) is 0 Å². The highest BCUT2D eigenvalue weighted by Crippen LogP contribution is 2.46. The zero-order valence-electron chi connectivity index (χ0n) is 11.1. The van der Waals surface area contributed by atoms with Crippen LogP contribution in [0.5, 0.6) is 0 Å². The Morgan fingerprint density at radius 1 is 0.952 bits per heavy atom. The molecule has 1 aliphatic heterocycles. The second-order valence-electron chi connectivity index (χ2n) is 4.87. The molecule has 1 fully saturated rings. The lowest BCUT2D eigenvalue weighted by atomic mass is 9.86. The van der Waals surface area contributed by atoms with Crippen molar-refractivity contribution in [2.24, 2.45) is 0 Å².